The van der Waals surface area contributed by atoms with Crippen molar-refractivity contribution < 1.29 is 9.59 Å². The molecular weight excluding hydrogens is 397 g/mol. The van der Waals surface area contributed by atoms with Crippen LogP contribution in [0, 0.1) is 2.88 Å². The van der Waals surface area contributed by atoms with Gasteiger partial charge in [-0.05, 0) is 46.4 Å². The molecule has 0 saturated carbocycles. The fourth-order valence-electron chi connectivity index (χ4n) is 2.01. The van der Waals surface area contributed by atoms with Crippen LogP contribution in [0.25, 0.3) is 0 Å². The van der Waals surface area contributed by atoms with Crippen LogP contribution in [-0.4, -0.2) is 11.7 Å². The van der Waals surface area contributed by atoms with Crippen LogP contribution in [0.4, 0.5) is 5.69 Å². The van der Waals surface area contributed by atoms with Crippen LogP contribution in [0.3, 0.4) is 0 Å². The second-order valence-electron chi connectivity index (χ2n) is 4.18. The number of amides is 1. The molecule has 0 radical (unpaired) electrons. The minimum Gasteiger partial charge on any atom is -0.325 e. The molecule has 1 aromatic carbocycles. The average Bonchev–Trinajstić information content (AvgIpc) is 2.92. The van der Waals surface area contributed by atoms with Gasteiger partial charge < -0.3 is 5.32 Å². The molecule has 1 aliphatic rings. The quantitative estimate of drug-likeness (QED) is 0.613. The fraction of sp³-hybridized carbons (Fsp3) is 0.0769. The number of rotatable bonds is 2. The first kappa shape index (κ1) is 13.1. The van der Waals surface area contributed by atoms with Gasteiger partial charge in [-0.25, -0.2) is 0 Å². The molecule has 0 bridgehead atoms. The highest BCUT2D eigenvalue weighted by atomic mass is 127. The predicted molar refractivity (Wildman–Crippen MR) is 84.3 cm³/mol. The number of fused-ring (bicyclic) bond motifs is 1. The largest absolute Gasteiger partial charge is 0.325 e. The maximum atomic E-state index is 12.4. The average molecular weight is 404 g/mol. The molecule has 3 rings (SSSR count). The number of anilines is 1. The lowest BCUT2D eigenvalue weighted by atomic mass is 10.0. The van der Waals surface area contributed by atoms with Gasteiger partial charge in [-0.1, -0.05) is 11.6 Å². The van der Waals surface area contributed by atoms with Crippen LogP contribution < -0.4 is 5.32 Å². The molecule has 1 aromatic heterocycles. The molecule has 2 aromatic rings. The SMILES string of the molecule is O=C1Cc2cc(C(=O)c3csc(I)c3)c(Cl)cc2N1. The molecular formula is C13H7ClINO2S. The van der Waals surface area contributed by atoms with E-state index in [1.54, 1.807) is 12.1 Å². The van der Waals surface area contributed by atoms with E-state index in [0.717, 1.165) is 8.45 Å². The summed E-state index contributed by atoms with van der Waals surface area (Å²) < 4.78 is 1.05. The second-order valence-corrected chi connectivity index (χ2v) is 7.40. The minimum atomic E-state index is -0.105. The van der Waals surface area contributed by atoms with Gasteiger partial charge in [0, 0.05) is 22.2 Å². The Hall–Kier alpha value is -0.920. The summed E-state index contributed by atoms with van der Waals surface area (Å²) in [5.74, 6) is -0.174. The summed E-state index contributed by atoms with van der Waals surface area (Å²) in [7, 11) is 0. The molecule has 19 heavy (non-hydrogen) atoms. The molecule has 0 atom stereocenters. The molecule has 96 valence electrons. The second kappa shape index (κ2) is 4.88. The molecule has 2 heterocycles. The van der Waals surface area contributed by atoms with Gasteiger partial charge in [0.15, 0.2) is 5.78 Å². The lowest BCUT2D eigenvalue weighted by Crippen LogP contribution is -2.03. The number of hydrogen-bond acceptors (Lipinski definition) is 3. The van der Waals surface area contributed by atoms with Gasteiger partial charge >= 0.3 is 0 Å². The summed E-state index contributed by atoms with van der Waals surface area (Å²) in [5, 5.41) is 4.90. The zero-order valence-electron chi connectivity index (χ0n) is 9.50. The van der Waals surface area contributed by atoms with Crippen LogP contribution in [-0.2, 0) is 11.2 Å². The van der Waals surface area contributed by atoms with Gasteiger partial charge in [-0.2, -0.15) is 0 Å². The third-order valence-electron chi connectivity index (χ3n) is 2.89. The first-order valence-electron chi connectivity index (χ1n) is 5.45. The fourth-order valence-corrected chi connectivity index (χ4v) is 3.58. The van der Waals surface area contributed by atoms with E-state index in [1.165, 1.54) is 11.3 Å². The Bertz CT molecular complexity index is 711. The molecule has 1 N–H and O–H groups in total. The third-order valence-corrected chi connectivity index (χ3v) is 4.99. The van der Waals surface area contributed by atoms with Crippen molar-refractivity contribution in [2.24, 2.45) is 0 Å². The van der Waals surface area contributed by atoms with E-state index in [2.05, 4.69) is 27.9 Å². The van der Waals surface area contributed by atoms with Gasteiger partial charge in [-0.15, -0.1) is 11.3 Å². The van der Waals surface area contributed by atoms with Gasteiger partial charge in [0.2, 0.25) is 5.91 Å². The summed E-state index contributed by atoms with van der Waals surface area (Å²) in [5.41, 5.74) is 2.61. The lowest BCUT2D eigenvalue weighted by molar-refractivity contribution is -0.115. The van der Waals surface area contributed by atoms with E-state index in [1.807, 2.05) is 11.4 Å². The van der Waals surface area contributed by atoms with Crippen LogP contribution in [0.1, 0.15) is 21.5 Å². The summed E-state index contributed by atoms with van der Waals surface area (Å²) in [6, 6.07) is 5.19. The Morgan fingerprint density at radius 2 is 2.16 bits per heavy atom. The maximum Gasteiger partial charge on any atom is 0.228 e. The van der Waals surface area contributed by atoms with Crippen molar-refractivity contribution in [3.05, 3.63) is 48.2 Å². The van der Waals surface area contributed by atoms with E-state index < -0.39 is 0 Å². The van der Waals surface area contributed by atoms with Crippen molar-refractivity contribution in [3.63, 3.8) is 0 Å². The highest BCUT2D eigenvalue weighted by Gasteiger charge is 2.22. The summed E-state index contributed by atoms with van der Waals surface area (Å²) in [6.45, 7) is 0. The summed E-state index contributed by atoms with van der Waals surface area (Å²) in [4.78, 5) is 23.7. The van der Waals surface area contributed by atoms with Crippen LogP contribution in [0.15, 0.2) is 23.6 Å². The number of thiophene rings is 1. The molecule has 1 aliphatic heterocycles. The number of ketones is 1. The van der Waals surface area contributed by atoms with Gasteiger partial charge in [0.1, 0.15) is 0 Å². The molecule has 0 saturated heterocycles. The number of carbonyl (C=O) groups is 2. The van der Waals surface area contributed by atoms with E-state index >= 15 is 0 Å². The van der Waals surface area contributed by atoms with Crippen molar-refractivity contribution in [1.82, 2.24) is 0 Å². The summed E-state index contributed by atoms with van der Waals surface area (Å²) >= 11 is 9.82. The van der Waals surface area contributed by atoms with Gasteiger partial charge in [0.25, 0.3) is 0 Å². The monoisotopic (exact) mass is 403 g/mol. The zero-order chi connectivity index (χ0) is 13.6. The molecule has 1 amide bonds. The van der Waals surface area contributed by atoms with E-state index in [4.69, 9.17) is 11.6 Å². The number of halogens is 2. The van der Waals surface area contributed by atoms with Crippen LogP contribution >= 0.6 is 45.5 Å². The molecule has 3 nitrogen and oxygen atoms in total. The Balaban J connectivity index is 2.04. The van der Waals surface area contributed by atoms with E-state index in [9.17, 15) is 9.59 Å². The van der Waals surface area contributed by atoms with Crippen molar-refractivity contribution in [3.8, 4) is 0 Å². The standard InChI is InChI=1S/C13H7ClINO2S/c14-9-4-10-6(3-12(17)16-10)1-8(9)13(18)7-2-11(15)19-5-7/h1-2,4-5H,3H2,(H,16,17). The van der Waals surface area contributed by atoms with Crippen molar-refractivity contribution >= 4 is 62.9 Å². The number of nitrogens with one attached hydrogen (secondary N) is 1. The minimum absolute atomic E-state index is 0.0688. The van der Waals surface area contributed by atoms with Crippen LogP contribution in [0.5, 0.6) is 0 Å². The highest BCUT2D eigenvalue weighted by molar-refractivity contribution is 14.1. The van der Waals surface area contributed by atoms with Crippen molar-refractivity contribution in [1.29, 1.82) is 0 Å². The van der Waals surface area contributed by atoms with E-state index in [0.29, 0.717) is 28.3 Å². The molecule has 6 heteroatoms. The zero-order valence-corrected chi connectivity index (χ0v) is 13.2. The van der Waals surface area contributed by atoms with Crippen LogP contribution in [0.2, 0.25) is 5.02 Å². The molecule has 0 fully saturated rings. The van der Waals surface area contributed by atoms with Crippen molar-refractivity contribution in [2.75, 3.05) is 5.32 Å². The smallest absolute Gasteiger partial charge is 0.228 e. The first-order chi connectivity index (χ1) is 9.04. The molecule has 0 aliphatic carbocycles. The van der Waals surface area contributed by atoms with Crippen molar-refractivity contribution in [2.45, 2.75) is 6.42 Å². The molecule has 0 unspecified atom stereocenters. The Morgan fingerprint density at radius 3 is 2.84 bits per heavy atom. The maximum absolute atomic E-state index is 12.4. The number of hydrogen-bond donors (Lipinski definition) is 1. The summed E-state index contributed by atoms with van der Waals surface area (Å²) in [6.07, 6.45) is 0.300. The third kappa shape index (κ3) is 2.42. The lowest BCUT2D eigenvalue weighted by Gasteiger charge is -2.05. The van der Waals surface area contributed by atoms with Gasteiger partial charge in [-0.3, -0.25) is 9.59 Å². The Labute approximate surface area is 132 Å². The predicted octanol–water partition coefficient (Wildman–Crippen LogP) is 3.73. The Kier molecular flexibility index (Phi) is 3.36. The number of benzene rings is 1. The Morgan fingerprint density at radius 1 is 1.37 bits per heavy atom. The van der Waals surface area contributed by atoms with Gasteiger partial charge in [0.05, 0.1) is 14.3 Å². The highest BCUT2D eigenvalue weighted by Crippen LogP contribution is 2.31. The molecule has 0 spiro atoms. The number of carbonyl (C=O) groups excluding carboxylic acids is 2. The topological polar surface area (TPSA) is 46.2 Å². The van der Waals surface area contributed by atoms with E-state index in [-0.39, 0.29) is 11.7 Å². The first-order valence-corrected chi connectivity index (χ1v) is 7.79. The normalized spacial score (nSPS) is 13.3.